The molecule has 0 bridgehead atoms. The minimum Gasteiger partial charge on any atom is -0.478 e. The summed E-state index contributed by atoms with van der Waals surface area (Å²) in [5, 5.41) is 17.4. The Morgan fingerprint density at radius 3 is 2.55 bits per heavy atom. The number of aromatic carboxylic acids is 1. The smallest absolute Gasteiger partial charge is 0.335 e. The lowest BCUT2D eigenvalue weighted by molar-refractivity contribution is 0.0697. The number of carbonyl (C=O) groups is 2. The van der Waals surface area contributed by atoms with Gasteiger partial charge in [-0.1, -0.05) is 12.1 Å². The summed E-state index contributed by atoms with van der Waals surface area (Å²) in [4.78, 5) is 33.4. The van der Waals surface area contributed by atoms with E-state index in [4.69, 9.17) is 14.6 Å². The molecule has 5 aromatic rings. The third kappa shape index (κ3) is 7.04. The molecule has 10 nitrogen and oxygen atoms in total. The van der Waals surface area contributed by atoms with Crippen LogP contribution in [-0.2, 0) is 11.3 Å². The lowest BCUT2D eigenvalue weighted by Gasteiger charge is -2.11. The average Bonchev–Trinajstić information content (AvgIpc) is 3.43. The van der Waals surface area contributed by atoms with Crippen LogP contribution in [0, 0.1) is 5.82 Å². The van der Waals surface area contributed by atoms with Crippen molar-refractivity contribution in [3.8, 4) is 22.1 Å². The second-order valence-corrected chi connectivity index (χ2v) is 10.1. The van der Waals surface area contributed by atoms with Gasteiger partial charge in [-0.2, -0.15) is 0 Å². The number of halogens is 1. The van der Waals surface area contributed by atoms with Crippen LogP contribution in [0.15, 0.2) is 79.1 Å². The SMILES string of the molecule is COCCNCc1ccc(-c2cc3nccc(Oc4ccc(NC(=O)Nc5cccc(C(=O)O)c5)cc4F)c3s2)nc1. The minimum atomic E-state index is -1.12. The largest absolute Gasteiger partial charge is 0.478 e. The van der Waals surface area contributed by atoms with E-state index in [-0.39, 0.29) is 22.7 Å². The maximum Gasteiger partial charge on any atom is 0.335 e. The first-order valence-electron chi connectivity index (χ1n) is 12.8. The summed E-state index contributed by atoms with van der Waals surface area (Å²) in [6.07, 6.45) is 3.41. The zero-order valence-electron chi connectivity index (χ0n) is 22.4. The molecule has 0 aliphatic rings. The molecule has 0 saturated carbocycles. The van der Waals surface area contributed by atoms with Crippen molar-refractivity contribution < 1.29 is 28.6 Å². The van der Waals surface area contributed by atoms with Crippen LogP contribution < -0.4 is 20.7 Å². The lowest BCUT2D eigenvalue weighted by atomic mass is 10.2. The van der Waals surface area contributed by atoms with Crippen molar-refractivity contribution in [1.29, 1.82) is 0 Å². The second-order valence-electron chi connectivity index (χ2n) is 9.07. The number of nitrogens with one attached hydrogen (secondary N) is 3. The highest BCUT2D eigenvalue weighted by molar-refractivity contribution is 7.22. The molecule has 0 spiro atoms. The number of aromatic nitrogens is 2. The molecule has 2 aromatic carbocycles. The van der Waals surface area contributed by atoms with E-state index >= 15 is 0 Å². The molecule has 0 aliphatic carbocycles. The summed E-state index contributed by atoms with van der Waals surface area (Å²) in [6.45, 7) is 2.08. The summed E-state index contributed by atoms with van der Waals surface area (Å²) in [5.74, 6) is -1.39. The van der Waals surface area contributed by atoms with Crippen LogP contribution in [0.4, 0.5) is 20.6 Å². The molecule has 5 rings (SSSR count). The number of hydrogen-bond acceptors (Lipinski definition) is 8. The predicted octanol–water partition coefficient (Wildman–Crippen LogP) is 6.37. The van der Waals surface area contributed by atoms with Crippen molar-refractivity contribution in [2.45, 2.75) is 6.54 Å². The number of urea groups is 1. The van der Waals surface area contributed by atoms with Crippen molar-refractivity contribution in [1.82, 2.24) is 15.3 Å². The molecular formula is C30H26FN5O5S. The fourth-order valence-corrected chi connectivity index (χ4v) is 5.05. The third-order valence-corrected chi connectivity index (χ3v) is 7.20. The van der Waals surface area contributed by atoms with Crippen LogP contribution in [0.25, 0.3) is 20.8 Å². The van der Waals surface area contributed by atoms with Gasteiger partial charge >= 0.3 is 12.0 Å². The van der Waals surface area contributed by atoms with Crippen molar-refractivity contribution >= 4 is 44.9 Å². The van der Waals surface area contributed by atoms with Crippen LogP contribution in [-0.4, -0.2) is 47.3 Å². The van der Waals surface area contributed by atoms with Gasteiger partial charge in [-0.15, -0.1) is 11.3 Å². The molecule has 0 saturated heterocycles. The van der Waals surface area contributed by atoms with E-state index in [9.17, 15) is 14.0 Å². The fraction of sp³-hybridized carbons (Fsp3) is 0.133. The van der Waals surface area contributed by atoms with Crippen LogP contribution in [0.1, 0.15) is 15.9 Å². The van der Waals surface area contributed by atoms with Crippen molar-refractivity contribution in [3.63, 3.8) is 0 Å². The van der Waals surface area contributed by atoms with Gasteiger partial charge in [0.2, 0.25) is 0 Å². The molecule has 0 atom stereocenters. The highest BCUT2D eigenvalue weighted by Gasteiger charge is 2.15. The molecule has 4 N–H and O–H groups in total. The van der Waals surface area contributed by atoms with E-state index in [1.54, 1.807) is 25.4 Å². The fourth-order valence-electron chi connectivity index (χ4n) is 4.01. The monoisotopic (exact) mass is 587 g/mol. The standard InChI is InChI=1S/C30H26FN5O5S/c1-40-12-11-32-16-18-5-7-23(34-17-18)27-15-24-28(42-27)26(9-10-33-24)41-25-8-6-21(14-22(25)31)36-30(39)35-20-4-2-3-19(13-20)29(37)38/h2-10,13-15,17,32H,11-12,16H2,1H3,(H,37,38)(H2,35,36,39). The minimum absolute atomic E-state index is 0.0268. The van der Waals surface area contributed by atoms with Gasteiger partial charge in [0, 0.05) is 56.1 Å². The Bertz CT molecular complexity index is 1730. The maximum absolute atomic E-state index is 15.0. The maximum atomic E-state index is 15.0. The molecule has 42 heavy (non-hydrogen) atoms. The molecule has 12 heteroatoms. The third-order valence-electron chi connectivity index (χ3n) is 6.04. The molecule has 3 heterocycles. The Balaban J connectivity index is 1.26. The number of thiophene rings is 1. The van der Waals surface area contributed by atoms with Crippen LogP contribution in [0.5, 0.6) is 11.5 Å². The van der Waals surface area contributed by atoms with E-state index < -0.39 is 17.8 Å². The normalized spacial score (nSPS) is 10.9. The van der Waals surface area contributed by atoms with Crippen molar-refractivity contribution in [2.75, 3.05) is 30.9 Å². The van der Waals surface area contributed by atoms with E-state index in [0.29, 0.717) is 24.4 Å². The summed E-state index contributed by atoms with van der Waals surface area (Å²) in [5.41, 5.74) is 3.04. The van der Waals surface area contributed by atoms with Gasteiger partial charge in [0.15, 0.2) is 11.6 Å². The quantitative estimate of drug-likeness (QED) is 0.131. The van der Waals surface area contributed by atoms with Gasteiger partial charge in [0.25, 0.3) is 0 Å². The summed E-state index contributed by atoms with van der Waals surface area (Å²) in [6, 6.07) is 16.7. The number of anilines is 2. The molecule has 214 valence electrons. The van der Waals surface area contributed by atoms with Gasteiger partial charge in [-0.05, 0) is 48.0 Å². The Kier molecular flexibility index (Phi) is 8.97. The van der Waals surface area contributed by atoms with Gasteiger partial charge in [-0.3, -0.25) is 9.97 Å². The number of ether oxygens (including phenoxy) is 2. The molecule has 3 aromatic heterocycles. The number of pyridine rings is 2. The molecule has 0 aliphatic heterocycles. The Hall–Kier alpha value is -4.91. The van der Waals surface area contributed by atoms with Crippen LogP contribution in [0.3, 0.4) is 0 Å². The zero-order chi connectivity index (χ0) is 29.5. The van der Waals surface area contributed by atoms with Crippen LogP contribution >= 0.6 is 11.3 Å². The van der Waals surface area contributed by atoms with Crippen molar-refractivity contribution in [2.24, 2.45) is 0 Å². The molecule has 0 radical (unpaired) electrons. The number of hydrogen-bond donors (Lipinski definition) is 4. The van der Waals surface area contributed by atoms with Gasteiger partial charge < -0.3 is 30.5 Å². The first kappa shape index (κ1) is 28.6. The number of rotatable bonds is 11. The van der Waals surface area contributed by atoms with E-state index in [1.807, 2.05) is 24.4 Å². The highest BCUT2D eigenvalue weighted by Crippen LogP contribution is 2.39. The molecule has 0 unspecified atom stereocenters. The van der Waals surface area contributed by atoms with E-state index in [0.717, 1.165) is 33.4 Å². The summed E-state index contributed by atoms with van der Waals surface area (Å²) < 4.78 is 26.7. The number of benzene rings is 2. The Morgan fingerprint density at radius 1 is 0.976 bits per heavy atom. The molecular weight excluding hydrogens is 561 g/mol. The Morgan fingerprint density at radius 2 is 1.81 bits per heavy atom. The number of nitrogens with zero attached hydrogens (tertiary/aromatic N) is 2. The van der Waals surface area contributed by atoms with Crippen molar-refractivity contribution in [3.05, 3.63) is 96.1 Å². The first-order valence-corrected chi connectivity index (χ1v) is 13.6. The number of carboxylic acid groups (broad SMARTS) is 1. The van der Waals surface area contributed by atoms with Crippen LogP contribution in [0.2, 0.25) is 0 Å². The van der Waals surface area contributed by atoms with E-state index in [2.05, 4.69) is 25.9 Å². The summed E-state index contributed by atoms with van der Waals surface area (Å²) >= 11 is 1.44. The van der Waals surface area contributed by atoms with Gasteiger partial charge in [0.1, 0.15) is 5.75 Å². The summed E-state index contributed by atoms with van der Waals surface area (Å²) in [7, 11) is 1.66. The zero-order valence-corrected chi connectivity index (χ0v) is 23.2. The van der Waals surface area contributed by atoms with E-state index in [1.165, 1.54) is 41.7 Å². The number of carbonyl (C=O) groups excluding carboxylic acids is 1. The second kappa shape index (κ2) is 13.2. The Labute approximate surface area is 244 Å². The first-order chi connectivity index (χ1) is 20.4. The lowest BCUT2D eigenvalue weighted by Crippen LogP contribution is -2.19. The average molecular weight is 588 g/mol. The van der Waals surface area contributed by atoms with Gasteiger partial charge in [-0.25, -0.2) is 14.0 Å². The highest BCUT2D eigenvalue weighted by atomic mass is 32.1. The van der Waals surface area contributed by atoms with Gasteiger partial charge in [0.05, 0.1) is 33.0 Å². The number of methoxy groups -OCH3 is 1. The number of carboxylic acids is 1. The molecule has 2 amide bonds. The number of fused-ring (bicyclic) bond motifs is 1. The molecule has 0 fully saturated rings. The number of amides is 2. The topological polar surface area (TPSA) is 135 Å². The predicted molar refractivity (Wildman–Crippen MR) is 159 cm³/mol.